The van der Waals surface area contributed by atoms with Crippen LogP contribution in [0, 0.1) is 6.92 Å². The van der Waals surface area contributed by atoms with Gasteiger partial charge in [0.15, 0.2) is 0 Å². The maximum absolute atomic E-state index is 13.0. The maximum Gasteiger partial charge on any atom is 0.254 e. The summed E-state index contributed by atoms with van der Waals surface area (Å²) in [5.41, 5.74) is 3.14. The number of hydrogen-bond acceptors (Lipinski definition) is 3. The predicted octanol–water partition coefficient (Wildman–Crippen LogP) is 3.82. The van der Waals surface area contributed by atoms with Gasteiger partial charge >= 0.3 is 0 Å². The van der Waals surface area contributed by atoms with Gasteiger partial charge in [-0.15, -0.1) is 0 Å². The first-order chi connectivity index (χ1) is 11.6. The highest BCUT2D eigenvalue weighted by atomic mass is 16.2. The topological polar surface area (TPSA) is 36.4 Å². The predicted molar refractivity (Wildman–Crippen MR) is 97.4 cm³/mol. The van der Waals surface area contributed by atoms with Crippen molar-refractivity contribution in [3.63, 3.8) is 0 Å². The van der Waals surface area contributed by atoms with E-state index in [4.69, 9.17) is 0 Å². The molecular weight excluding hydrogens is 298 g/mol. The molecule has 24 heavy (non-hydrogen) atoms. The molecule has 1 aliphatic heterocycles. The molecule has 3 rings (SSSR count). The molecule has 1 aromatic heterocycles. The Morgan fingerprint density at radius 3 is 2.62 bits per heavy atom. The fourth-order valence-corrected chi connectivity index (χ4v) is 3.39. The van der Waals surface area contributed by atoms with E-state index in [0.29, 0.717) is 0 Å². The number of benzene rings is 1. The van der Waals surface area contributed by atoms with Gasteiger partial charge in [-0.05, 0) is 55.5 Å². The van der Waals surface area contributed by atoms with E-state index in [1.54, 1.807) is 0 Å². The van der Waals surface area contributed by atoms with Gasteiger partial charge in [0, 0.05) is 32.4 Å². The van der Waals surface area contributed by atoms with Crippen molar-refractivity contribution in [3.8, 4) is 0 Å². The highest BCUT2D eigenvalue weighted by Gasteiger charge is 2.29. The number of hydrogen-bond donors (Lipinski definition) is 0. The van der Waals surface area contributed by atoms with E-state index >= 15 is 0 Å². The molecule has 2 aromatic rings. The Bertz CT molecular complexity index is 712. The van der Waals surface area contributed by atoms with Crippen LogP contribution in [0.2, 0.25) is 0 Å². The molecule has 4 nitrogen and oxygen atoms in total. The Labute approximate surface area is 144 Å². The summed E-state index contributed by atoms with van der Waals surface area (Å²) in [6.45, 7) is 2.93. The number of rotatable bonds is 3. The molecule has 0 spiro atoms. The van der Waals surface area contributed by atoms with Crippen molar-refractivity contribution in [1.29, 1.82) is 0 Å². The SMILES string of the molecule is Cc1cc(N(C)C)ncc1[C@H]1CCCCN1C(=O)c1ccccc1. The molecule has 0 unspecified atom stereocenters. The summed E-state index contributed by atoms with van der Waals surface area (Å²) in [6, 6.07) is 11.8. The summed E-state index contributed by atoms with van der Waals surface area (Å²) in [4.78, 5) is 21.6. The number of piperidine rings is 1. The minimum Gasteiger partial charge on any atom is -0.363 e. The van der Waals surface area contributed by atoms with Crippen molar-refractivity contribution in [3.05, 3.63) is 59.3 Å². The number of pyridine rings is 1. The molecule has 1 fully saturated rings. The van der Waals surface area contributed by atoms with Crippen LogP contribution in [0.15, 0.2) is 42.6 Å². The minimum absolute atomic E-state index is 0.121. The first-order valence-corrected chi connectivity index (χ1v) is 8.58. The van der Waals surface area contributed by atoms with E-state index < -0.39 is 0 Å². The van der Waals surface area contributed by atoms with Gasteiger partial charge in [-0.3, -0.25) is 4.79 Å². The Morgan fingerprint density at radius 1 is 1.21 bits per heavy atom. The lowest BCUT2D eigenvalue weighted by atomic mass is 9.93. The number of nitrogens with zero attached hydrogens (tertiary/aromatic N) is 3. The Morgan fingerprint density at radius 2 is 1.96 bits per heavy atom. The third kappa shape index (κ3) is 3.28. The monoisotopic (exact) mass is 323 g/mol. The van der Waals surface area contributed by atoms with E-state index in [2.05, 4.69) is 18.0 Å². The van der Waals surface area contributed by atoms with E-state index in [0.717, 1.165) is 37.2 Å². The lowest BCUT2D eigenvalue weighted by molar-refractivity contribution is 0.0610. The van der Waals surface area contributed by atoms with Crippen molar-refractivity contribution < 1.29 is 4.79 Å². The van der Waals surface area contributed by atoms with Gasteiger partial charge in [0.2, 0.25) is 0 Å². The van der Waals surface area contributed by atoms with Gasteiger partial charge in [0.25, 0.3) is 5.91 Å². The second kappa shape index (κ2) is 7.04. The first kappa shape index (κ1) is 16.5. The first-order valence-electron chi connectivity index (χ1n) is 8.58. The number of anilines is 1. The van der Waals surface area contributed by atoms with Gasteiger partial charge in [0.05, 0.1) is 6.04 Å². The zero-order chi connectivity index (χ0) is 17.1. The second-order valence-electron chi connectivity index (χ2n) is 6.67. The third-order valence-corrected chi connectivity index (χ3v) is 4.74. The van der Waals surface area contributed by atoms with Crippen LogP contribution in [0.3, 0.4) is 0 Å². The fourth-order valence-electron chi connectivity index (χ4n) is 3.39. The largest absolute Gasteiger partial charge is 0.363 e. The van der Waals surface area contributed by atoms with E-state index in [-0.39, 0.29) is 11.9 Å². The summed E-state index contributed by atoms with van der Waals surface area (Å²) >= 11 is 0. The zero-order valence-corrected chi connectivity index (χ0v) is 14.7. The molecule has 2 heterocycles. The van der Waals surface area contributed by atoms with Crippen LogP contribution in [-0.4, -0.2) is 36.4 Å². The van der Waals surface area contributed by atoms with E-state index in [1.807, 2.05) is 60.4 Å². The van der Waals surface area contributed by atoms with Crippen molar-refractivity contribution in [1.82, 2.24) is 9.88 Å². The van der Waals surface area contributed by atoms with Gasteiger partial charge in [-0.25, -0.2) is 4.98 Å². The van der Waals surface area contributed by atoms with Crippen LogP contribution in [0.1, 0.15) is 46.8 Å². The molecular formula is C20H25N3O. The number of aryl methyl sites for hydroxylation is 1. The molecule has 0 N–H and O–H groups in total. The van der Waals surface area contributed by atoms with Crippen molar-refractivity contribution in [2.45, 2.75) is 32.2 Å². The molecule has 1 aromatic carbocycles. The quantitative estimate of drug-likeness (QED) is 0.861. The molecule has 0 bridgehead atoms. The average molecular weight is 323 g/mol. The maximum atomic E-state index is 13.0. The fraction of sp³-hybridized carbons (Fsp3) is 0.400. The minimum atomic E-state index is 0.121. The smallest absolute Gasteiger partial charge is 0.254 e. The summed E-state index contributed by atoms with van der Waals surface area (Å²) in [6.07, 6.45) is 5.17. The van der Waals surface area contributed by atoms with Crippen LogP contribution in [0.5, 0.6) is 0 Å². The number of carbonyl (C=O) groups is 1. The van der Waals surface area contributed by atoms with Crippen LogP contribution in [0.25, 0.3) is 0 Å². The van der Waals surface area contributed by atoms with Gasteiger partial charge < -0.3 is 9.80 Å². The average Bonchev–Trinajstić information content (AvgIpc) is 2.62. The highest BCUT2D eigenvalue weighted by molar-refractivity contribution is 5.94. The Hall–Kier alpha value is -2.36. The van der Waals surface area contributed by atoms with Gasteiger partial charge in [0.1, 0.15) is 5.82 Å². The zero-order valence-electron chi connectivity index (χ0n) is 14.7. The van der Waals surface area contributed by atoms with Gasteiger partial charge in [-0.2, -0.15) is 0 Å². The number of carbonyl (C=O) groups excluding carboxylic acids is 1. The van der Waals surface area contributed by atoms with Crippen LogP contribution in [0.4, 0.5) is 5.82 Å². The molecule has 1 saturated heterocycles. The molecule has 126 valence electrons. The summed E-state index contributed by atoms with van der Waals surface area (Å²) < 4.78 is 0. The molecule has 1 atom stereocenters. The summed E-state index contributed by atoms with van der Waals surface area (Å²) in [5.74, 6) is 1.07. The van der Waals surface area contributed by atoms with Crippen molar-refractivity contribution in [2.24, 2.45) is 0 Å². The molecule has 1 aliphatic rings. The molecule has 4 heteroatoms. The number of likely N-dealkylation sites (tertiary alicyclic amines) is 1. The van der Waals surface area contributed by atoms with E-state index in [1.165, 1.54) is 11.1 Å². The lowest BCUT2D eigenvalue weighted by Crippen LogP contribution is -2.38. The standard InChI is InChI=1S/C20H25N3O/c1-15-13-19(22(2)3)21-14-17(15)18-11-7-8-12-23(18)20(24)16-9-5-4-6-10-16/h4-6,9-10,13-14,18H,7-8,11-12H2,1-3H3/t18-/m1/s1. The molecule has 0 radical (unpaired) electrons. The summed E-state index contributed by atoms with van der Waals surface area (Å²) in [5, 5.41) is 0. The molecule has 0 saturated carbocycles. The number of aromatic nitrogens is 1. The van der Waals surface area contributed by atoms with Crippen LogP contribution < -0.4 is 4.90 Å². The van der Waals surface area contributed by atoms with E-state index in [9.17, 15) is 4.79 Å². The third-order valence-electron chi connectivity index (χ3n) is 4.74. The highest BCUT2D eigenvalue weighted by Crippen LogP contribution is 2.34. The Kier molecular flexibility index (Phi) is 4.84. The van der Waals surface area contributed by atoms with Crippen molar-refractivity contribution in [2.75, 3.05) is 25.5 Å². The Balaban J connectivity index is 1.91. The van der Waals surface area contributed by atoms with Crippen LogP contribution >= 0.6 is 0 Å². The molecule has 1 amide bonds. The van der Waals surface area contributed by atoms with Crippen LogP contribution in [-0.2, 0) is 0 Å². The number of amides is 1. The lowest BCUT2D eigenvalue weighted by Gasteiger charge is -2.37. The van der Waals surface area contributed by atoms with Crippen molar-refractivity contribution >= 4 is 11.7 Å². The molecule has 0 aliphatic carbocycles. The second-order valence-corrected chi connectivity index (χ2v) is 6.67. The summed E-state index contributed by atoms with van der Waals surface area (Å²) in [7, 11) is 3.99. The normalized spacial score (nSPS) is 17.6. The van der Waals surface area contributed by atoms with Gasteiger partial charge in [-0.1, -0.05) is 18.2 Å².